The summed E-state index contributed by atoms with van der Waals surface area (Å²) in [5, 5.41) is 11.0. The third-order valence-electron chi connectivity index (χ3n) is 6.80. The predicted molar refractivity (Wildman–Crippen MR) is 121 cm³/mol. The van der Waals surface area contributed by atoms with Crippen molar-refractivity contribution in [3.63, 3.8) is 0 Å². The van der Waals surface area contributed by atoms with E-state index in [1.807, 2.05) is 12.1 Å². The monoisotopic (exact) mass is 460 g/mol. The highest BCUT2D eigenvalue weighted by Gasteiger charge is 2.48. The molecule has 1 aliphatic heterocycles. The van der Waals surface area contributed by atoms with Crippen LogP contribution < -0.4 is 9.47 Å². The highest BCUT2D eigenvalue weighted by atomic mass is 19.1. The van der Waals surface area contributed by atoms with Crippen molar-refractivity contribution in [2.75, 3.05) is 27.8 Å². The molecule has 2 aliphatic rings. The molecular weight excluding hydrogens is 427 g/mol. The molecule has 0 radical (unpaired) electrons. The maximum Gasteiger partial charge on any atom is 0.188 e. The van der Waals surface area contributed by atoms with Crippen LogP contribution >= 0.6 is 0 Å². The van der Waals surface area contributed by atoms with Gasteiger partial charge in [-0.05, 0) is 68.5 Å². The van der Waals surface area contributed by atoms with Gasteiger partial charge in [-0.15, -0.1) is 0 Å². The molecular formula is C26H33FO6. The number of hydrogen-bond donors (Lipinski definition) is 1. The maximum atomic E-state index is 13.8. The summed E-state index contributed by atoms with van der Waals surface area (Å²) in [5.74, 6) is 1.33. The zero-order valence-corrected chi connectivity index (χ0v) is 19.7. The lowest BCUT2D eigenvalue weighted by molar-refractivity contribution is -0.105. The van der Waals surface area contributed by atoms with Crippen LogP contribution in [0.25, 0.3) is 0 Å². The van der Waals surface area contributed by atoms with Crippen LogP contribution in [0.4, 0.5) is 4.39 Å². The van der Waals surface area contributed by atoms with Crippen LogP contribution in [0.5, 0.6) is 11.5 Å². The second kappa shape index (κ2) is 9.97. The highest BCUT2D eigenvalue weighted by molar-refractivity contribution is 5.54. The van der Waals surface area contributed by atoms with E-state index in [1.165, 1.54) is 12.1 Å². The molecule has 0 amide bonds. The summed E-state index contributed by atoms with van der Waals surface area (Å²) in [5.41, 5.74) is 1.61. The molecule has 1 N–H and O–H groups in total. The van der Waals surface area contributed by atoms with Crippen LogP contribution in [-0.4, -0.2) is 44.6 Å². The van der Waals surface area contributed by atoms with Crippen molar-refractivity contribution in [3.8, 4) is 11.5 Å². The molecule has 2 aromatic rings. The van der Waals surface area contributed by atoms with Gasteiger partial charge in [-0.2, -0.15) is 0 Å². The van der Waals surface area contributed by atoms with Gasteiger partial charge < -0.3 is 28.8 Å². The number of rotatable bonds is 8. The normalized spacial score (nSPS) is 24.4. The number of fused-ring (bicyclic) bond motifs is 3. The molecule has 0 aromatic heterocycles. The van der Waals surface area contributed by atoms with Crippen molar-refractivity contribution in [1.29, 1.82) is 0 Å². The Balaban J connectivity index is 1.76. The number of methoxy groups -OCH3 is 2. The molecule has 6 nitrogen and oxygen atoms in total. The van der Waals surface area contributed by atoms with Crippen LogP contribution in [-0.2, 0) is 14.2 Å². The highest BCUT2D eigenvalue weighted by Crippen LogP contribution is 2.55. The van der Waals surface area contributed by atoms with Gasteiger partial charge in [0.25, 0.3) is 0 Å². The molecule has 7 heteroatoms. The lowest BCUT2D eigenvalue weighted by atomic mass is 9.65. The van der Waals surface area contributed by atoms with Crippen molar-refractivity contribution in [2.24, 2.45) is 5.92 Å². The lowest BCUT2D eigenvalue weighted by Gasteiger charge is -2.49. The number of benzene rings is 2. The first-order valence-electron chi connectivity index (χ1n) is 11.4. The fourth-order valence-corrected chi connectivity index (χ4v) is 5.30. The van der Waals surface area contributed by atoms with Gasteiger partial charge in [0, 0.05) is 31.6 Å². The van der Waals surface area contributed by atoms with Gasteiger partial charge in [-0.25, -0.2) is 4.39 Å². The number of aliphatic hydroxyl groups is 1. The zero-order valence-electron chi connectivity index (χ0n) is 19.7. The van der Waals surface area contributed by atoms with Gasteiger partial charge >= 0.3 is 0 Å². The topological polar surface area (TPSA) is 66.4 Å². The smallest absolute Gasteiger partial charge is 0.188 e. The van der Waals surface area contributed by atoms with E-state index in [0.717, 1.165) is 24.8 Å². The summed E-state index contributed by atoms with van der Waals surface area (Å²) < 4.78 is 42.5. The van der Waals surface area contributed by atoms with Gasteiger partial charge in [0.2, 0.25) is 0 Å². The number of hydrogen-bond acceptors (Lipinski definition) is 6. The van der Waals surface area contributed by atoms with Crippen LogP contribution in [0.2, 0.25) is 0 Å². The van der Waals surface area contributed by atoms with Crippen molar-refractivity contribution >= 4 is 0 Å². The first kappa shape index (κ1) is 24.0. The molecule has 1 saturated carbocycles. The van der Waals surface area contributed by atoms with E-state index in [2.05, 4.69) is 13.8 Å². The van der Waals surface area contributed by atoms with E-state index in [1.54, 1.807) is 26.4 Å². The summed E-state index contributed by atoms with van der Waals surface area (Å²) in [7, 11) is 3.19. The number of ether oxygens (including phenoxy) is 5. The molecule has 0 spiro atoms. The number of aliphatic hydroxyl groups excluding tert-OH is 1. The minimum absolute atomic E-state index is 0.0658. The van der Waals surface area contributed by atoms with E-state index < -0.39 is 17.5 Å². The molecule has 1 fully saturated rings. The number of halogens is 1. The summed E-state index contributed by atoms with van der Waals surface area (Å²) in [6.07, 6.45) is 1.79. The SMILES string of the molecule is COCOc1cc(C(O)c2cccc(F)c2)cc2c1[C@@H]1C[C@H](OCOC)CC[C@H]1C(C)(C)O2. The van der Waals surface area contributed by atoms with Crippen molar-refractivity contribution < 1.29 is 33.2 Å². The van der Waals surface area contributed by atoms with Crippen molar-refractivity contribution in [3.05, 3.63) is 58.9 Å². The van der Waals surface area contributed by atoms with Gasteiger partial charge in [0.15, 0.2) is 6.79 Å². The molecule has 1 aliphatic carbocycles. The van der Waals surface area contributed by atoms with E-state index >= 15 is 0 Å². The summed E-state index contributed by atoms with van der Waals surface area (Å²) in [6.45, 7) is 4.54. The fourth-order valence-electron chi connectivity index (χ4n) is 5.30. The van der Waals surface area contributed by atoms with E-state index in [4.69, 9.17) is 23.7 Å². The fraction of sp³-hybridized carbons (Fsp3) is 0.538. The van der Waals surface area contributed by atoms with Gasteiger partial charge in [-0.1, -0.05) is 12.1 Å². The Kier molecular flexibility index (Phi) is 7.24. The molecule has 1 heterocycles. The molecule has 4 rings (SSSR count). The Bertz CT molecular complexity index is 962. The quantitative estimate of drug-likeness (QED) is 0.564. The largest absolute Gasteiger partial charge is 0.487 e. The van der Waals surface area contributed by atoms with Crippen LogP contribution in [0.15, 0.2) is 36.4 Å². The minimum atomic E-state index is -1.02. The molecule has 1 unspecified atom stereocenters. The average Bonchev–Trinajstić information content (AvgIpc) is 2.79. The van der Waals surface area contributed by atoms with Crippen LogP contribution in [0.1, 0.15) is 61.8 Å². The molecule has 0 saturated heterocycles. The maximum absolute atomic E-state index is 13.8. The Labute approximate surface area is 194 Å². The lowest BCUT2D eigenvalue weighted by Crippen LogP contribution is -2.48. The van der Waals surface area contributed by atoms with E-state index in [-0.39, 0.29) is 31.5 Å². The molecule has 180 valence electrons. The Morgan fingerprint density at radius 2 is 1.88 bits per heavy atom. The predicted octanol–water partition coefficient (Wildman–Crippen LogP) is 4.93. The molecule has 0 bridgehead atoms. The van der Waals surface area contributed by atoms with Crippen LogP contribution in [0, 0.1) is 11.7 Å². The molecule has 33 heavy (non-hydrogen) atoms. The first-order valence-corrected chi connectivity index (χ1v) is 11.4. The minimum Gasteiger partial charge on any atom is -0.487 e. The molecule has 4 atom stereocenters. The van der Waals surface area contributed by atoms with Crippen molar-refractivity contribution in [2.45, 2.75) is 56.8 Å². The third kappa shape index (κ3) is 5.01. The summed E-state index contributed by atoms with van der Waals surface area (Å²) in [4.78, 5) is 0. The Morgan fingerprint density at radius 1 is 1.09 bits per heavy atom. The Morgan fingerprint density at radius 3 is 2.61 bits per heavy atom. The standard InChI is InChI=1S/C26H33FO6/c1-26(2)21-9-8-19(31-14-29-3)13-20(21)24-22(32-15-30-4)11-17(12-23(24)33-26)25(28)16-6-5-7-18(27)10-16/h5-7,10-12,19-21,25,28H,8-9,13-15H2,1-4H3/t19-,20-,21-,25?/m1/s1. The zero-order chi connectivity index (χ0) is 23.6. The van der Waals surface area contributed by atoms with Gasteiger partial charge in [-0.3, -0.25) is 0 Å². The molecule has 2 aromatic carbocycles. The van der Waals surface area contributed by atoms with E-state index in [9.17, 15) is 9.50 Å². The van der Waals surface area contributed by atoms with Crippen LogP contribution in [0.3, 0.4) is 0 Å². The third-order valence-corrected chi connectivity index (χ3v) is 6.80. The summed E-state index contributed by atoms with van der Waals surface area (Å²) >= 11 is 0. The van der Waals surface area contributed by atoms with Gasteiger partial charge in [0.1, 0.15) is 35.8 Å². The van der Waals surface area contributed by atoms with Crippen molar-refractivity contribution in [1.82, 2.24) is 0 Å². The van der Waals surface area contributed by atoms with E-state index in [0.29, 0.717) is 22.6 Å². The average molecular weight is 461 g/mol. The summed E-state index contributed by atoms with van der Waals surface area (Å²) in [6, 6.07) is 9.63. The second-order valence-electron chi connectivity index (χ2n) is 9.37. The Hall–Kier alpha value is -2.19. The first-order chi connectivity index (χ1) is 15.8. The van der Waals surface area contributed by atoms with Gasteiger partial charge in [0.05, 0.1) is 6.10 Å². The second-order valence-corrected chi connectivity index (χ2v) is 9.37.